The van der Waals surface area contributed by atoms with Crippen molar-refractivity contribution in [2.75, 3.05) is 5.32 Å². The molecule has 0 unspecified atom stereocenters. The van der Waals surface area contributed by atoms with Gasteiger partial charge >= 0.3 is 0 Å². The summed E-state index contributed by atoms with van der Waals surface area (Å²) in [7, 11) is 0. The first kappa shape index (κ1) is 15.5. The normalized spacial score (nSPS) is 11.9. The molecule has 5 nitrogen and oxygen atoms in total. The molecule has 0 bridgehead atoms. The quantitative estimate of drug-likeness (QED) is 0.690. The van der Waals surface area contributed by atoms with Crippen LogP contribution < -0.4 is 11.1 Å². The summed E-state index contributed by atoms with van der Waals surface area (Å²) >= 11 is 1.50. The van der Waals surface area contributed by atoms with Gasteiger partial charge in [0.2, 0.25) is 5.91 Å². The second-order valence-electron chi connectivity index (χ2n) is 4.53. The lowest BCUT2D eigenvalue weighted by Gasteiger charge is -2.10. The van der Waals surface area contributed by atoms with Gasteiger partial charge in [-0.3, -0.25) is 4.79 Å². The van der Waals surface area contributed by atoms with Crippen molar-refractivity contribution in [2.24, 2.45) is 5.73 Å². The number of amides is 1. The minimum Gasteiger partial charge on any atom is -0.359 e. The highest BCUT2D eigenvalue weighted by molar-refractivity contribution is 7.07. The van der Waals surface area contributed by atoms with Crippen molar-refractivity contribution in [3.8, 4) is 0 Å². The van der Waals surface area contributed by atoms with Gasteiger partial charge in [-0.05, 0) is 6.07 Å². The van der Waals surface area contributed by atoms with Crippen LogP contribution in [0.15, 0.2) is 41.4 Å². The Morgan fingerprint density at radius 3 is 3.00 bits per heavy atom. The zero-order valence-electron chi connectivity index (χ0n) is 11.1. The lowest BCUT2D eigenvalue weighted by atomic mass is 10.1. The molecule has 2 heterocycles. The van der Waals surface area contributed by atoms with Crippen molar-refractivity contribution < 1.29 is 4.79 Å². The average molecular weight is 323 g/mol. The number of aromatic nitrogens is 2. The predicted molar refractivity (Wildman–Crippen MR) is 88.0 cm³/mol. The number of H-pyrrole nitrogens is 1. The molecule has 1 atom stereocenters. The fourth-order valence-electron chi connectivity index (χ4n) is 2.06. The van der Waals surface area contributed by atoms with Crippen LogP contribution in [-0.2, 0) is 11.2 Å². The van der Waals surface area contributed by atoms with E-state index >= 15 is 0 Å². The molecule has 0 aliphatic heterocycles. The molecule has 0 saturated heterocycles. The highest BCUT2D eigenvalue weighted by Crippen LogP contribution is 2.22. The zero-order valence-corrected chi connectivity index (χ0v) is 12.7. The Bertz CT molecular complexity index is 725. The van der Waals surface area contributed by atoms with Crippen LogP contribution in [0.25, 0.3) is 10.9 Å². The van der Waals surface area contributed by atoms with Crippen LogP contribution >= 0.6 is 23.7 Å². The maximum absolute atomic E-state index is 12.1. The molecule has 110 valence electrons. The van der Waals surface area contributed by atoms with E-state index in [9.17, 15) is 4.79 Å². The fourth-order valence-corrected chi connectivity index (χ4v) is 2.63. The van der Waals surface area contributed by atoms with E-state index in [4.69, 9.17) is 5.73 Å². The van der Waals surface area contributed by atoms with Gasteiger partial charge in [-0.15, -0.1) is 23.7 Å². The van der Waals surface area contributed by atoms with E-state index in [1.54, 1.807) is 11.7 Å². The number of hydrogen-bond acceptors (Lipinski definition) is 4. The highest BCUT2D eigenvalue weighted by atomic mass is 35.5. The lowest BCUT2D eigenvalue weighted by Crippen LogP contribution is -2.37. The van der Waals surface area contributed by atoms with Crippen LogP contribution in [0.1, 0.15) is 5.69 Å². The molecule has 0 saturated carbocycles. The van der Waals surface area contributed by atoms with Gasteiger partial charge in [0, 0.05) is 28.9 Å². The van der Waals surface area contributed by atoms with Crippen molar-refractivity contribution in [1.82, 2.24) is 9.97 Å². The second kappa shape index (κ2) is 6.71. The predicted octanol–water partition coefficient (Wildman–Crippen LogP) is 2.55. The summed E-state index contributed by atoms with van der Waals surface area (Å²) < 4.78 is 0. The number of anilines is 1. The molecule has 2 aromatic heterocycles. The maximum atomic E-state index is 12.1. The molecule has 0 radical (unpaired) electrons. The van der Waals surface area contributed by atoms with Crippen molar-refractivity contribution in [2.45, 2.75) is 12.5 Å². The summed E-state index contributed by atoms with van der Waals surface area (Å²) in [6, 6.07) is 7.18. The number of nitrogens with one attached hydrogen (secondary N) is 2. The number of rotatable bonds is 4. The number of benzene rings is 1. The average Bonchev–Trinajstić information content (AvgIpc) is 3.09. The number of carbonyl (C=O) groups excluding carboxylic acids is 1. The molecule has 4 N–H and O–H groups in total. The van der Waals surface area contributed by atoms with E-state index in [1.165, 1.54) is 11.3 Å². The molecule has 3 rings (SSSR count). The van der Waals surface area contributed by atoms with E-state index in [-0.39, 0.29) is 18.3 Å². The molecule has 1 amide bonds. The van der Waals surface area contributed by atoms with E-state index in [1.807, 2.05) is 29.6 Å². The first-order valence-corrected chi connectivity index (χ1v) is 7.18. The third-order valence-electron chi connectivity index (χ3n) is 3.10. The maximum Gasteiger partial charge on any atom is 0.241 e. The topological polar surface area (TPSA) is 83.8 Å². The molecular formula is C14H15ClN4OS. The number of halogens is 1. The van der Waals surface area contributed by atoms with E-state index in [2.05, 4.69) is 15.3 Å². The zero-order chi connectivity index (χ0) is 13.9. The largest absolute Gasteiger partial charge is 0.359 e. The summed E-state index contributed by atoms with van der Waals surface area (Å²) in [6.07, 6.45) is 2.22. The Morgan fingerprint density at radius 1 is 1.43 bits per heavy atom. The van der Waals surface area contributed by atoms with Crippen molar-refractivity contribution >= 4 is 46.2 Å². The van der Waals surface area contributed by atoms with Crippen LogP contribution in [0, 0.1) is 0 Å². The van der Waals surface area contributed by atoms with Crippen LogP contribution in [0.5, 0.6) is 0 Å². The molecule has 0 aliphatic rings. The van der Waals surface area contributed by atoms with Crippen LogP contribution in [-0.4, -0.2) is 21.9 Å². The fraction of sp³-hybridized carbons (Fsp3) is 0.143. The molecule has 21 heavy (non-hydrogen) atoms. The summed E-state index contributed by atoms with van der Waals surface area (Å²) in [6.45, 7) is 0. The van der Waals surface area contributed by atoms with E-state index < -0.39 is 6.04 Å². The summed E-state index contributed by atoms with van der Waals surface area (Å²) in [5.74, 6) is -0.206. The van der Waals surface area contributed by atoms with Gasteiger partial charge in [0.15, 0.2) is 0 Å². The molecule has 3 aromatic rings. The molecule has 0 spiro atoms. The first-order valence-electron chi connectivity index (χ1n) is 6.23. The van der Waals surface area contributed by atoms with E-state index in [0.29, 0.717) is 6.42 Å². The number of thiazole rings is 1. The first-order chi connectivity index (χ1) is 9.74. The summed E-state index contributed by atoms with van der Waals surface area (Å²) in [4.78, 5) is 19.4. The van der Waals surface area contributed by atoms with Gasteiger partial charge in [0.1, 0.15) is 0 Å². The van der Waals surface area contributed by atoms with Gasteiger partial charge in [-0.25, -0.2) is 4.98 Å². The number of aromatic amines is 1. The Morgan fingerprint density at radius 2 is 2.24 bits per heavy atom. The third kappa shape index (κ3) is 3.41. The Hall–Kier alpha value is -1.89. The van der Waals surface area contributed by atoms with Crippen molar-refractivity contribution in [3.63, 3.8) is 0 Å². The minimum absolute atomic E-state index is 0. The van der Waals surface area contributed by atoms with Crippen LogP contribution in [0.3, 0.4) is 0 Å². The monoisotopic (exact) mass is 322 g/mol. The lowest BCUT2D eigenvalue weighted by molar-refractivity contribution is -0.117. The van der Waals surface area contributed by atoms with Gasteiger partial charge in [0.05, 0.1) is 22.9 Å². The Labute approximate surface area is 132 Å². The summed E-state index contributed by atoms with van der Waals surface area (Å²) in [5.41, 5.74) is 10.2. The smallest absolute Gasteiger partial charge is 0.241 e. The Balaban J connectivity index is 0.00000161. The van der Waals surface area contributed by atoms with Gasteiger partial charge in [-0.1, -0.05) is 18.2 Å². The SMILES string of the molecule is Cl.N[C@H](Cc1cscn1)C(=O)Nc1c[nH]c2ccccc12. The van der Waals surface area contributed by atoms with Gasteiger partial charge in [-0.2, -0.15) is 0 Å². The number of hydrogen-bond donors (Lipinski definition) is 3. The van der Waals surface area contributed by atoms with Gasteiger partial charge < -0.3 is 16.0 Å². The van der Waals surface area contributed by atoms with Crippen molar-refractivity contribution in [1.29, 1.82) is 0 Å². The molecule has 1 aromatic carbocycles. The van der Waals surface area contributed by atoms with Crippen LogP contribution in [0.4, 0.5) is 5.69 Å². The standard InChI is InChI=1S/C14H14N4OS.ClH/c15-11(5-9-7-20-8-17-9)14(19)18-13-6-16-12-4-2-1-3-10(12)13;/h1-4,6-8,11,16H,5,15H2,(H,18,19);1H/t11-;/m1./s1. The number of fused-ring (bicyclic) bond motifs is 1. The van der Waals surface area contributed by atoms with E-state index in [0.717, 1.165) is 22.3 Å². The van der Waals surface area contributed by atoms with Crippen molar-refractivity contribution in [3.05, 3.63) is 47.0 Å². The molecule has 0 aliphatic carbocycles. The van der Waals surface area contributed by atoms with Crippen LogP contribution in [0.2, 0.25) is 0 Å². The number of nitrogens with two attached hydrogens (primary N) is 1. The van der Waals surface area contributed by atoms with Gasteiger partial charge in [0.25, 0.3) is 0 Å². The molecule has 0 fully saturated rings. The molecular weight excluding hydrogens is 308 g/mol. The highest BCUT2D eigenvalue weighted by Gasteiger charge is 2.16. The third-order valence-corrected chi connectivity index (χ3v) is 3.73. The molecule has 7 heteroatoms. The second-order valence-corrected chi connectivity index (χ2v) is 5.25. The summed E-state index contributed by atoms with van der Waals surface area (Å²) in [5, 5.41) is 5.73. The number of carbonyl (C=O) groups is 1. The Kier molecular flexibility index (Phi) is 4.95. The minimum atomic E-state index is -0.606. The number of nitrogens with zero attached hydrogens (tertiary/aromatic N) is 1. The number of para-hydroxylation sites is 1.